The van der Waals surface area contributed by atoms with Crippen LogP contribution in [0.3, 0.4) is 0 Å². The lowest BCUT2D eigenvalue weighted by Crippen LogP contribution is -2.31. The van der Waals surface area contributed by atoms with E-state index in [2.05, 4.69) is 33.7 Å². The Kier molecular flexibility index (Phi) is 5.17. The van der Waals surface area contributed by atoms with Crippen LogP contribution in [0.25, 0.3) is 0 Å². The quantitative estimate of drug-likeness (QED) is 0.596. The van der Waals surface area contributed by atoms with Crippen molar-refractivity contribution >= 4 is 15.9 Å². The van der Waals surface area contributed by atoms with Crippen LogP contribution in [0.4, 0.5) is 4.39 Å². The molecule has 3 heteroatoms. The average Bonchev–Trinajstić information content (AvgIpc) is 2.44. The monoisotopic (exact) mass is 333 g/mol. The summed E-state index contributed by atoms with van der Waals surface area (Å²) in [6.07, 6.45) is 10.1. The third-order valence-corrected chi connectivity index (χ3v) is 3.88. The molecule has 0 saturated heterocycles. The Balaban J connectivity index is 2.01. The molecule has 0 aliphatic carbocycles. The Labute approximate surface area is 128 Å². The van der Waals surface area contributed by atoms with Gasteiger partial charge in [-0.25, -0.2) is 4.39 Å². The van der Waals surface area contributed by atoms with E-state index in [0.717, 1.165) is 36.1 Å². The van der Waals surface area contributed by atoms with E-state index in [-0.39, 0.29) is 5.82 Å². The highest BCUT2D eigenvalue weighted by Crippen LogP contribution is 2.20. The number of fused-ring (bicyclic) bond motifs is 1. The summed E-state index contributed by atoms with van der Waals surface area (Å²) in [6, 6.07) is 5.09. The van der Waals surface area contributed by atoms with Crippen LogP contribution in [0.5, 0.6) is 0 Å². The van der Waals surface area contributed by atoms with Gasteiger partial charge in [-0.15, -0.1) is 6.42 Å². The highest BCUT2D eigenvalue weighted by Gasteiger charge is 2.16. The number of rotatable bonds is 3. The maximum atomic E-state index is 13.3. The second-order valence-electron chi connectivity index (χ2n) is 5.05. The van der Waals surface area contributed by atoms with Gasteiger partial charge in [0.2, 0.25) is 0 Å². The van der Waals surface area contributed by atoms with Crippen LogP contribution < -0.4 is 0 Å². The molecule has 0 unspecified atom stereocenters. The lowest BCUT2D eigenvalue weighted by molar-refractivity contribution is 0.275. The summed E-state index contributed by atoms with van der Waals surface area (Å²) in [7, 11) is 0. The van der Waals surface area contributed by atoms with E-state index >= 15 is 0 Å². The van der Waals surface area contributed by atoms with Crippen molar-refractivity contribution in [1.82, 2.24) is 4.90 Å². The van der Waals surface area contributed by atoms with Gasteiger partial charge in [-0.2, -0.15) is 0 Å². The minimum Gasteiger partial charge on any atom is -0.295 e. The van der Waals surface area contributed by atoms with Crippen LogP contribution in [0.1, 0.15) is 18.1 Å². The van der Waals surface area contributed by atoms with Crippen LogP contribution in [0.2, 0.25) is 0 Å². The van der Waals surface area contributed by atoms with Crippen molar-refractivity contribution in [1.29, 1.82) is 0 Å². The van der Waals surface area contributed by atoms with E-state index in [1.165, 1.54) is 11.1 Å². The smallest absolute Gasteiger partial charge is 0.123 e. The molecule has 20 heavy (non-hydrogen) atoms. The third-order valence-electron chi connectivity index (χ3n) is 3.38. The van der Waals surface area contributed by atoms with Crippen molar-refractivity contribution in [2.75, 3.05) is 13.1 Å². The fraction of sp³-hybridized carbons (Fsp3) is 0.294. The van der Waals surface area contributed by atoms with Crippen LogP contribution in [0.15, 0.2) is 40.4 Å². The highest BCUT2D eigenvalue weighted by molar-refractivity contribution is 9.12. The number of allylic oxidation sites excluding steroid dienone is 3. The first kappa shape index (κ1) is 15.0. The predicted molar refractivity (Wildman–Crippen MR) is 85.0 cm³/mol. The number of halogens is 2. The third kappa shape index (κ3) is 4.06. The average molecular weight is 334 g/mol. The van der Waals surface area contributed by atoms with Crippen LogP contribution in [0, 0.1) is 18.2 Å². The molecule has 0 N–H and O–H groups in total. The molecule has 104 valence electrons. The summed E-state index contributed by atoms with van der Waals surface area (Å²) in [4.78, 5) is 2.32. The zero-order valence-corrected chi connectivity index (χ0v) is 13.1. The Morgan fingerprint density at radius 1 is 1.45 bits per heavy atom. The number of hydrogen-bond acceptors (Lipinski definition) is 1. The van der Waals surface area contributed by atoms with Gasteiger partial charge in [0, 0.05) is 19.6 Å². The predicted octanol–water partition coefficient (Wildman–Crippen LogP) is 4.04. The molecule has 2 rings (SSSR count). The molecule has 1 aliphatic rings. The Morgan fingerprint density at radius 3 is 3.00 bits per heavy atom. The topological polar surface area (TPSA) is 3.24 Å². The van der Waals surface area contributed by atoms with Gasteiger partial charge in [0.05, 0.1) is 4.48 Å². The van der Waals surface area contributed by atoms with E-state index < -0.39 is 0 Å². The molecule has 1 aromatic rings. The van der Waals surface area contributed by atoms with E-state index in [9.17, 15) is 4.39 Å². The van der Waals surface area contributed by atoms with Crippen molar-refractivity contribution in [2.24, 2.45) is 0 Å². The summed E-state index contributed by atoms with van der Waals surface area (Å²) >= 11 is 3.28. The minimum absolute atomic E-state index is 0.154. The first-order chi connectivity index (χ1) is 9.58. The molecule has 0 saturated carbocycles. The molecule has 0 atom stereocenters. The second kappa shape index (κ2) is 6.88. The minimum atomic E-state index is -0.154. The maximum absolute atomic E-state index is 13.3. The summed E-state index contributed by atoms with van der Waals surface area (Å²) in [5, 5.41) is 0. The summed E-state index contributed by atoms with van der Waals surface area (Å²) in [6.45, 7) is 4.76. The van der Waals surface area contributed by atoms with Crippen molar-refractivity contribution in [2.45, 2.75) is 19.9 Å². The van der Waals surface area contributed by atoms with Gasteiger partial charge in [0.1, 0.15) is 5.82 Å². The fourth-order valence-corrected chi connectivity index (χ4v) is 2.52. The van der Waals surface area contributed by atoms with Crippen LogP contribution in [-0.2, 0) is 13.0 Å². The summed E-state index contributed by atoms with van der Waals surface area (Å²) in [5.74, 6) is 2.37. The molecule has 0 fully saturated rings. The molecule has 1 heterocycles. The zero-order valence-electron chi connectivity index (χ0n) is 11.5. The number of nitrogens with zero attached hydrogens (tertiary/aromatic N) is 1. The second-order valence-corrected chi connectivity index (χ2v) is 5.90. The zero-order chi connectivity index (χ0) is 14.5. The van der Waals surface area contributed by atoms with Gasteiger partial charge in [0.25, 0.3) is 0 Å². The van der Waals surface area contributed by atoms with Gasteiger partial charge in [-0.05, 0) is 58.6 Å². The van der Waals surface area contributed by atoms with E-state index in [0.29, 0.717) is 0 Å². The standard InChI is InChI=1S/C17H17BrFN/c1-3-16(18)6-4-13(2)11-20-9-8-14-5-7-17(19)10-15(14)12-20/h1,4-7,10H,8-9,11-12H2,2H3/b13-4+,16-6+. The molecular formula is C17H17BrFN. The largest absolute Gasteiger partial charge is 0.295 e. The van der Waals surface area contributed by atoms with Gasteiger partial charge in [-0.1, -0.05) is 23.6 Å². The van der Waals surface area contributed by atoms with Gasteiger partial charge in [-0.3, -0.25) is 4.90 Å². The Bertz CT molecular complexity index is 595. The van der Waals surface area contributed by atoms with Gasteiger partial charge >= 0.3 is 0 Å². The van der Waals surface area contributed by atoms with Crippen molar-refractivity contribution in [3.8, 4) is 12.3 Å². The van der Waals surface area contributed by atoms with Crippen LogP contribution in [-0.4, -0.2) is 18.0 Å². The lowest BCUT2D eigenvalue weighted by atomic mass is 9.99. The molecule has 1 nitrogen and oxygen atoms in total. The Morgan fingerprint density at radius 2 is 2.25 bits per heavy atom. The van der Waals surface area contributed by atoms with Crippen molar-refractivity contribution in [3.05, 3.63) is 57.4 Å². The van der Waals surface area contributed by atoms with Crippen molar-refractivity contribution < 1.29 is 4.39 Å². The molecule has 0 amide bonds. The maximum Gasteiger partial charge on any atom is 0.123 e. The van der Waals surface area contributed by atoms with E-state index in [4.69, 9.17) is 6.42 Å². The van der Waals surface area contributed by atoms with Gasteiger partial charge in [0.15, 0.2) is 0 Å². The molecule has 0 spiro atoms. The van der Waals surface area contributed by atoms with E-state index in [1.54, 1.807) is 12.1 Å². The van der Waals surface area contributed by atoms with E-state index in [1.807, 2.05) is 18.2 Å². The molecule has 1 aliphatic heterocycles. The molecule has 0 radical (unpaired) electrons. The summed E-state index contributed by atoms with van der Waals surface area (Å²) in [5.41, 5.74) is 3.60. The van der Waals surface area contributed by atoms with Gasteiger partial charge < -0.3 is 0 Å². The SMILES string of the molecule is C#C/C(Br)=C\C=C(/C)CN1CCc2ccc(F)cc2C1. The first-order valence-corrected chi connectivity index (χ1v) is 7.37. The lowest BCUT2D eigenvalue weighted by Gasteiger charge is -2.29. The number of benzene rings is 1. The molecule has 1 aromatic carbocycles. The molecule has 0 aromatic heterocycles. The number of terminal acetylenes is 1. The number of hydrogen-bond donors (Lipinski definition) is 0. The first-order valence-electron chi connectivity index (χ1n) is 6.57. The van der Waals surface area contributed by atoms with Crippen molar-refractivity contribution in [3.63, 3.8) is 0 Å². The molecular weight excluding hydrogens is 317 g/mol. The highest BCUT2D eigenvalue weighted by atomic mass is 79.9. The Hall–Kier alpha value is -1.37. The summed E-state index contributed by atoms with van der Waals surface area (Å²) < 4.78 is 14.0. The molecule has 0 bridgehead atoms. The van der Waals surface area contributed by atoms with Crippen LogP contribution >= 0.6 is 15.9 Å². The normalized spacial score (nSPS) is 16.7. The fourth-order valence-electron chi connectivity index (χ4n) is 2.39.